The van der Waals surface area contributed by atoms with Crippen molar-refractivity contribution in [2.75, 3.05) is 20.1 Å². The van der Waals surface area contributed by atoms with Crippen LogP contribution in [0.2, 0.25) is 0 Å². The lowest BCUT2D eigenvalue weighted by atomic mass is 9.95. The molecule has 1 aliphatic heterocycles. The summed E-state index contributed by atoms with van der Waals surface area (Å²) in [4.78, 5) is 14.0. The van der Waals surface area contributed by atoms with Gasteiger partial charge in [-0.15, -0.1) is 0 Å². The van der Waals surface area contributed by atoms with Crippen molar-refractivity contribution in [1.29, 1.82) is 0 Å². The zero-order valence-corrected chi connectivity index (χ0v) is 19.8. The number of likely N-dealkylation sites (tertiary alicyclic amines) is 1. The Morgan fingerprint density at radius 3 is 2.44 bits per heavy atom. The van der Waals surface area contributed by atoms with Gasteiger partial charge in [-0.1, -0.05) is 24.3 Å². The predicted octanol–water partition coefficient (Wildman–Crippen LogP) is 4.34. The maximum Gasteiger partial charge on any atom is 0.269 e. The third kappa shape index (κ3) is 3.72. The number of amides is 1. The maximum absolute atomic E-state index is 11.5. The third-order valence-electron chi connectivity index (χ3n) is 7.88. The van der Waals surface area contributed by atoms with Crippen molar-refractivity contribution in [1.82, 2.24) is 19.2 Å². The molecule has 0 radical (unpaired) electrons. The second-order valence-electron chi connectivity index (χ2n) is 10.3. The zero-order valence-electron chi connectivity index (χ0n) is 19.8. The van der Waals surface area contributed by atoms with E-state index in [9.17, 15) is 4.79 Å². The van der Waals surface area contributed by atoms with Crippen LogP contribution in [0.3, 0.4) is 0 Å². The Morgan fingerprint density at radius 1 is 1.03 bits per heavy atom. The molecule has 174 valence electrons. The zero-order chi connectivity index (χ0) is 23.4. The minimum atomic E-state index is -0.511. The van der Waals surface area contributed by atoms with E-state index >= 15 is 0 Å². The van der Waals surface area contributed by atoms with Crippen molar-refractivity contribution in [2.45, 2.75) is 32.2 Å². The first-order valence-corrected chi connectivity index (χ1v) is 12.2. The van der Waals surface area contributed by atoms with Crippen molar-refractivity contribution < 1.29 is 4.79 Å². The Balaban J connectivity index is 1.19. The van der Waals surface area contributed by atoms with Crippen molar-refractivity contribution in [3.63, 3.8) is 0 Å². The number of nitrogens with zero attached hydrogens (tertiary/aromatic N) is 4. The first kappa shape index (κ1) is 21.2. The fourth-order valence-corrected chi connectivity index (χ4v) is 6.21. The number of benzene rings is 2. The molecule has 6 nitrogen and oxygen atoms in total. The van der Waals surface area contributed by atoms with Gasteiger partial charge in [0.05, 0.1) is 5.69 Å². The topological polar surface area (TPSA) is 69.1 Å². The van der Waals surface area contributed by atoms with Crippen LogP contribution in [-0.2, 0) is 6.54 Å². The normalized spacial score (nSPS) is 22.5. The summed E-state index contributed by atoms with van der Waals surface area (Å²) >= 11 is 0. The van der Waals surface area contributed by atoms with Crippen LogP contribution >= 0.6 is 0 Å². The Kier molecular flexibility index (Phi) is 5.06. The van der Waals surface area contributed by atoms with Crippen LogP contribution in [0.25, 0.3) is 16.6 Å². The Morgan fingerprint density at radius 2 is 1.76 bits per heavy atom. The molecule has 6 rings (SSSR count). The number of carbonyl (C=O) groups is 1. The van der Waals surface area contributed by atoms with Gasteiger partial charge < -0.3 is 15.2 Å². The second-order valence-corrected chi connectivity index (χ2v) is 10.3. The summed E-state index contributed by atoms with van der Waals surface area (Å²) in [6, 6.07) is 19.4. The number of hydrogen-bond donors (Lipinski definition) is 1. The van der Waals surface area contributed by atoms with E-state index in [1.54, 1.807) is 10.7 Å². The number of hydrogen-bond acceptors (Lipinski definition) is 3. The van der Waals surface area contributed by atoms with E-state index in [1.807, 2.05) is 13.0 Å². The van der Waals surface area contributed by atoms with Crippen LogP contribution < -0.4 is 5.73 Å². The number of carbonyl (C=O) groups excluding carboxylic acids is 1. The fraction of sp³-hybridized carbons (Fsp3) is 0.357. The van der Waals surface area contributed by atoms with Crippen LogP contribution in [0.1, 0.15) is 46.1 Å². The second kappa shape index (κ2) is 8.13. The van der Waals surface area contributed by atoms with E-state index in [2.05, 4.69) is 70.3 Å². The first-order chi connectivity index (χ1) is 16.4. The smallest absolute Gasteiger partial charge is 0.269 e. The van der Waals surface area contributed by atoms with Gasteiger partial charge in [0, 0.05) is 42.4 Å². The monoisotopic (exact) mass is 453 g/mol. The van der Waals surface area contributed by atoms with E-state index in [0.717, 1.165) is 41.1 Å². The molecule has 1 aliphatic carbocycles. The molecule has 0 bridgehead atoms. The molecule has 2 unspecified atom stereocenters. The van der Waals surface area contributed by atoms with Crippen LogP contribution in [0.15, 0.2) is 60.8 Å². The summed E-state index contributed by atoms with van der Waals surface area (Å²) < 4.78 is 4.06. The number of nitrogens with two attached hydrogens (primary N) is 1. The summed E-state index contributed by atoms with van der Waals surface area (Å²) in [5.74, 6) is 1.99. The van der Waals surface area contributed by atoms with Gasteiger partial charge in [0.25, 0.3) is 5.91 Å². The van der Waals surface area contributed by atoms with E-state index in [-0.39, 0.29) is 5.69 Å². The molecule has 2 aromatic heterocycles. The molecular formula is C28H31N5O. The molecular weight excluding hydrogens is 422 g/mol. The highest BCUT2D eigenvalue weighted by atomic mass is 16.1. The largest absolute Gasteiger partial charge is 0.364 e. The van der Waals surface area contributed by atoms with Crippen molar-refractivity contribution in [3.8, 4) is 5.69 Å². The standard InChI is InChI=1S/C28H31N5O/c1-18-11-26(28(29)34)30-33(18)25-7-8-27-21(14-25)9-10-32(27)15-19-3-5-20(6-4-19)22-12-23-16-31(2)17-24(23)13-22/h3-11,14,22-24H,12-13,15-17H2,1-2H3,(H2,29,34). The molecule has 6 heteroatoms. The van der Waals surface area contributed by atoms with Crippen molar-refractivity contribution in [3.05, 3.63) is 83.3 Å². The van der Waals surface area contributed by atoms with Gasteiger partial charge in [0.15, 0.2) is 5.69 Å². The molecule has 2 aliphatic rings. The molecule has 0 spiro atoms. The Labute approximate surface area is 200 Å². The van der Waals surface area contributed by atoms with Gasteiger partial charge in [-0.05, 0) is 86.0 Å². The minimum absolute atomic E-state index is 0.284. The molecule has 2 N–H and O–H groups in total. The quantitative estimate of drug-likeness (QED) is 0.489. The molecule has 3 heterocycles. The van der Waals surface area contributed by atoms with Crippen molar-refractivity contribution >= 4 is 16.8 Å². The summed E-state index contributed by atoms with van der Waals surface area (Å²) in [7, 11) is 2.26. The number of rotatable bonds is 5. The number of fused-ring (bicyclic) bond motifs is 2. The average molecular weight is 454 g/mol. The van der Waals surface area contributed by atoms with E-state index in [1.165, 1.54) is 42.6 Å². The molecule has 4 aromatic rings. The van der Waals surface area contributed by atoms with E-state index in [4.69, 9.17) is 5.73 Å². The predicted molar refractivity (Wildman–Crippen MR) is 134 cm³/mol. The van der Waals surface area contributed by atoms with Gasteiger partial charge in [-0.3, -0.25) is 4.79 Å². The van der Waals surface area contributed by atoms with Crippen LogP contribution in [0.5, 0.6) is 0 Å². The summed E-state index contributed by atoms with van der Waals surface area (Å²) in [6.45, 7) is 5.31. The van der Waals surface area contributed by atoms with Gasteiger partial charge >= 0.3 is 0 Å². The Hall–Kier alpha value is -3.38. The SMILES string of the molecule is Cc1cc(C(N)=O)nn1-c1ccc2c(ccn2Cc2ccc(C3CC4CN(C)CC4C3)cc2)c1. The fourth-order valence-electron chi connectivity index (χ4n) is 6.21. The van der Waals surface area contributed by atoms with Crippen molar-refractivity contribution in [2.24, 2.45) is 17.6 Å². The van der Waals surface area contributed by atoms with E-state index < -0.39 is 5.91 Å². The third-order valence-corrected chi connectivity index (χ3v) is 7.88. The minimum Gasteiger partial charge on any atom is -0.364 e. The van der Waals surface area contributed by atoms with Gasteiger partial charge in [-0.2, -0.15) is 5.10 Å². The van der Waals surface area contributed by atoms with Crippen LogP contribution in [0.4, 0.5) is 0 Å². The lowest BCUT2D eigenvalue weighted by molar-refractivity contribution is 0.0995. The summed E-state index contributed by atoms with van der Waals surface area (Å²) in [5.41, 5.74) is 11.5. The summed E-state index contributed by atoms with van der Waals surface area (Å²) in [5, 5.41) is 5.50. The molecule has 2 atom stereocenters. The van der Waals surface area contributed by atoms with E-state index in [0.29, 0.717) is 0 Å². The average Bonchev–Trinajstić information content (AvgIpc) is 3.57. The van der Waals surface area contributed by atoms with Gasteiger partial charge in [0.2, 0.25) is 0 Å². The lowest BCUT2D eigenvalue weighted by Crippen LogP contribution is -2.16. The molecule has 1 amide bonds. The first-order valence-electron chi connectivity index (χ1n) is 12.2. The van der Waals surface area contributed by atoms with Gasteiger partial charge in [0.1, 0.15) is 0 Å². The molecule has 34 heavy (non-hydrogen) atoms. The molecule has 1 saturated carbocycles. The lowest BCUT2D eigenvalue weighted by Gasteiger charge is -2.15. The molecule has 1 saturated heterocycles. The van der Waals surface area contributed by atoms with Gasteiger partial charge in [-0.25, -0.2) is 4.68 Å². The Bertz CT molecular complexity index is 1350. The highest BCUT2D eigenvalue weighted by Crippen LogP contribution is 2.45. The summed E-state index contributed by atoms with van der Waals surface area (Å²) in [6.07, 6.45) is 4.83. The molecule has 2 aromatic carbocycles. The highest BCUT2D eigenvalue weighted by Gasteiger charge is 2.39. The van der Waals surface area contributed by atoms with Crippen LogP contribution in [0, 0.1) is 18.8 Å². The highest BCUT2D eigenvalue weighted by molar-refractivity contribution is 5.91. The number of aromatic nitrogens is 3. The maximum atomic E-state index is 11.5. The number of primary amides is 1. The molecule has 2 fully saturated rings. The number of aryl methyl sites for hydroxylation is 1. The van der Waals surface area contributed by atoms with Crippen LogP contribution in [-0.4, -0.2) is 45.3 Å².